The lowest BCUT2D eigenvalue weighted by Gasteiger charge is -2.30. The smallest absolute Gasteiger partial charge is 0.263 e. The summed E-state index contributed by atoms with van der Waals surface area (Å²) in [4.78, 5) is 15.1. The van der Waals surface area contributed by atoms with Gasteiger partial charge < -0.3 is 14.1 Å². The van der Waals surface area contributed by atoms with Gasteiger partial charge in [0, 0.05) is 24.6 Å². The van der Waals surface area contributed by atoms with Crippen LogP contribution in [0.15, 0.2) is 46.2 Å². The number of ether oxygens (including phenoxy) is 1. The van der Waals surface area contributed by atoms with E-state index in [1.165, 1.54) is 11.3 Å². The highest BCUT2D eigenvalue weighted by atomic mass is 32.1. The molecule has 3 aromatic rings. The van der Waals surface area contributed by atoms with E-state index >= 15 is 0 Å². The number of hydrogen-bond acceptors (Lipinski definition) is 6. The minimum Gasteiger partial charge on any atom is -0.497 e. The molecule has 1 amide bonds. The number of amides is 1. The molecule has 1 aromatic carbocycles. The van der Waals surface area contributed by atoms with Gasteiger partial charge in [0.2, 0.25) is 11.8 Å². The molecular weight excluding hydrogens is 350 g/mol. The number of nitrogens with zero attached hydrogens (tertiary/aromatic N) is 3. The normalized spacial score (nSPS) is 15.2. The summed E-state index contributed by atoms with van der Waals surface area (Å²) >= 11 is 1.48. The van der Waals surface area contributed by atoms with E-state index in [1.54, 1.807) is 7.11 Å². The monoisotopic (exact) mass is 369 g/mol. The fourth-order valence-electron chi connectivity index (χ4n) is 3.16. The lowest BCUT2D eigenvalue weighted by Crippen LogP contribution is -2.37. The summed E-state index contributed by atoms with van der Waals surface area (Å²) in [5, 5.41) is 10.3. The summed E-state index contributed by atoms with van der Waals surface area (Å²) < 4.78 is 11.1. The molecule has 0 unspecified atom stereocenters. The van der Waals surface area contributed by atoms with Crippen LogP contribution in [0.3, 0.4) is 0 Å². The first-order valence-electron chi connectivity index (χ1n) is 8.55. The van der Waals surface area contributed by atoms with Crippen LogP contribution in [0.4, 0.5) is 0 Å². The molecule has 26 heavy (non-hydrogen) atoms. The van der Waals surface area contributed by atoms with Gasteiger partial charge in [-0.2, -0.15) is 0 Å². The highest BCUT2D eigenvalue weighted by molar-refractivity contribution is 7.12. The van der Waals surface area contributed by atoms with E-state index in [-0.39, 0.29) is 11.8 Å². The van der Waals surface area contributed by atoms with Crippen molar-refractivity contribution in [1.82, 2.24) is 15.1 Å². The number of rotatable bonds is 4. The molecular formula is C19H19N3O3S. The molecule has 1 fully saturated rings. The van der Waals surface area contributed by atoms with Gasteiger partial charge in [0.1, 0.15) is 5.75 Å². The van der Waals surface area contributed by atoms with Gasteiger partial charge in [-0.1, -0.05) is 12.1 Å². The fraction of sp³-hybridized carbons (Fsp3) is 0.316. The first kappa shape index (κ1) is 16.8. The molecule has 1 aliphatic rings. The second kappa shape index (κ2) is 7.29. The maximum Gasteiger partial charge on any atom is 0.263 e. The van der Waals surface area contributed by atoms with Crippen LogP contribution in [0.25, 0.3) is 11.5 Å². The molecule has 4 rings (SSSR count). The van der Waals surface area contributed by atoms with Crippen molar-refractivity contribution in [3.63, 3.8) is 0 Å². The summed E-state index contributed by atoms with van der Waals surface area (Å²) in [5.74, 6) is 2.19. The first-order valence-corrected chi connectivity index (χ1v) is 9.43. The first-order chi connectivity index (χ1) is 12.7. The number of thiophene rings is 1. The summed E-state index contributed by atoms with van der Waals surface area (Å²) in [5.41, 5.74) is 0.841. The Morgan fingerprint density at radius 2 is 2.08 bits per heavy atom. The van der Waals surface area contributed by atoms with Crippen LogP contribution < -0.4 is 4.74 Å². The number of methoxy groups -OCH3 is 1. The zero-order chi connectivity index (χ0) is 17.9. The summed E-state index contributed by atoms with van der Waals surface area (Å²) in [6, 6.07) is 11.3. The zero-order valence-corrected chi connectivity index (χ0v) is 15.2. The SMILES string of the molecule is COc1cccc(-c2nnc(C3CCN(C(=O)c4cccs4)CC3)o2)c1. The second-order valence-corrected chi connectivity index (χ2v) is 7.17. The molecule has 0 spiro atoms. The number of piperidine rings is 1. The number of carbonyl (C=O) groups is 1. The Hall–Kier alpha value is -2.67. The van der Waals surface area contributed by atoms with E-state index in [1.807, 2.05) is 46.7 Å². The van der Waals surface area contributed by atoms with Crippen molar-refractivity contribution in [2.24, 2.45) is 0 Å². The van der Waals surface area contributed by atoms with Crippen molar-refractivity contribution < 1.29 is 13.9 Å². The Bertz CT molecular complexity index is 883. The van der Waals surface area contributed by atoms with Gasteiger partial charge >= 0.3 is 0 Å². The van der Waals surface area contributed by atoms with Crippen molar-refractivity contribution in [3.05, 3.63) is 52.5 Å². The van der Waals surface area contributed by atoms with Crippen LogP contribution >= 0.6 is 11.3 Å². The van der Waals surface area contributed by atoms with Crippen LogP contribution in [-0.2, 0) is 0 Å². The molecule has 0 aliphatic carbocycles. The lowest BCUT2D eigenvalue weighted by atomic mass is 9.97. The van der Waals surface area contributed by atoms with E-state index in [2.05, 4.69) is 10.2 Å². The predicted octanol–water partition coefficient (Wildman–Crippen LogP) is 3.83. The van der Waals surface area contributed by atoms with E-state index < -0.39 is 0 Å². The van der Waals surface area contributed by atoms with Gasteiger partial charge in [-0.15, -0.1) is 21.5 Å². The largest absolute Gasteiger partial charge is 0.497 e. The maximum absolute atomic E-state index is 12.4. The van der Waals surface area contributed by atoms with Crippen LogP contribution in [-0.4, -0.2) is 41.2 Å². The van der Waals surface area contributed by atoms with Crippen LogP contribution in [0.1, 0.15) is 34.3 Å². The number of benzene rings is 1. The summed E-state index contributed by atoms with van der Waals surface area (Å²) in [7, 11) is 1.63. The average Bonchev–Trinajstić information content (AvgIpc) is 3.40. The van der Waals surface area contributed by atoms with Crippen LogP contribution in [0.2, 0.25) is 0 Å². The van der Waals surface area contributed by atoms with E-state index in [0.717, 1.165) is 29.0 Å². The fourth-order valence-corrected chi connectivity index (χ4v) is 3.85. The Morgan fingerprint density at radius 3 is 2.81 bits per heavy atom. The topological polar surface area (TPSA) is 68.5 Å². The van der Waals surface area contributed by atoms with Crippen molar-refractivity contribution in [3.8, 4) is 17.2 Å². The molecule has 7 heteroatoms. The van der Waals surface area contributed by atoms with Gasteiger partial charge in [0.05, 0.1) is 12.0 Å². The molecule has 1 aliphatic heterocycles. The van der Waals surface area contributed by atoms with Gasteiger partial charge in [-0.3, -0.25) is 4.79 Å². The van der Waals surface area contributed by atoms with Crippen molar-refractivity contribution in [2.75, 3.05) is 20.2 Å². The van der Waals surface area contributed by atoms with Gasteiger partial charge in [0.25, 0.3) is 5.91 Å². The average molecular weight is 369 g/mol. The molecule has 2 aromatic heterocycles. The van der Waals surface area contributed by atoms with Crippen molar-refractivity contribution in [1.29, 1.82) is 0 Å². The maximum atomic E-state index is 12.4. The standard InChI is InChI=1S/C19H19N3O3S/c1-24-15-5-2-4-14(12-15)18-21-20-17(25-18)13-7-9-22(10-8-13)19(23)16-6-3-11-26-16/h2-6,11-13H,7-10H2,1H3. The lowest BCUT2D eigenvalue weighted by molar-refractivity contribution is 0.0711. The molecule has 134 valence electrons. The second-order valence-electron chi connectivity index (χ2n) is 6.22. The minimum atomic E-state index is 0.112. The summed E-state index contributed by atoms with van der Waals surface area (Å²) in [6.07, 6.45) is 1.66. The molecule has 0 bridgehead atoms. The molecule has 0 N–H and O–H groups in total. The summed E-state index contributed by atoms with van der Waals surface area (Å²) in [6.45, 7) is 1.41. The Kier molecular flexibility index (Phi) is 4.71. The molecule has 6 nitrogen and oxygen atoms in total. The number of aromatic nitrogens is 2. The van der Waals surface area contributed by atoms with Crippen molar-refractivity contribution in [2.45, 2.75) is 18.8 Å². The highest BCUT2D eigenvalue weighted by Gasteiger charge is 2.28. The van der Waals surface area contributed by atoms with E-state index in [0.29, 0.717) is 24.9 Å². The zero-order valence-electron chi connectivity index (χ0n) is 14.4. The molecule has 0 saturated carbocycles. The quantitative estimate of drug-likeness (QED) is 0.699. The Balaban J connectivity index is 1.42. The highest BCUT2D eigenvalue weighted by Crippen LogP contribution is 2.31. The Morgan fingerprint density at radius 1 is 1.23 bits per heavy atom. The number of likely N-dealkylation sites (tertiary alicyclic amines) is 1. The third kappa shape index (κ3) is 3.35. The predicted molar refractivity (Wildman–Crippen MR) is 98.5 cm³/mol. The van der Waals surface area contributed by atoms with Crippen molar-refractivity contribution >= 4 is 17.2 Å². The third-order valence-corrected chi connectivity index (χ3v) is 5.48. The molecule has 1 saturated heterocycles. The van der Waals surface area contributed by atoms with Gasteiger partial charge in [-0.05, 0) is 42.5 Å². The van der Waals surface area contributed by atoms with Gasteiger partial charge in [-0.25, -0.2) is 0 Å². The molecule has 3 heterocycles. The Labute approximate surface area is 155 Å². The molecule has 0 radical (unpaired) electrons. The third-order valence-electron chi connectivity index (χ3n) is 4.62. The van der Waals surface area contributed by atoms with Crippen LogP contribution in [0.5, 0.6) is 5.75 Å². The van der Waals surface area contributed by atoms with E-state index in [9.17, 15) is 4.79 Å². The van der Waals surface area contributed by atoms with Gasteiger partial charge in [0.15, 0.2) is 0 Å². The van der Waals surface area contributed by atoms with Crippen LogP contribution in [0, 0.1) is 0 Å². The number of hydrogen-bond donors (Lipinski definition) is 0. The molecule has 0 atom stereocenters. The minimum absolute atomic E-state index is 0.112. The number of carbonyl (C=O) groups excluding carboxylic acids is 1. The van der Waals surface area contributed by atoms with E-state index in [4.69, 9.17) is 9.15 Å².